The Bertz CT molecular complexity index is 603. The molecule has 0 radical (unpaired) electrons. The van der Waals surface area contributed by atoms with Crippen molar-refractivity contribution >= 4 is 15.7 Å². The van der Waals surface area contributed by atoms with Gasteiger partial charge in [0.1, 0.15) is 12.3 Å². The Labute approximate surface area is 119 Å². The zero-order valence-corrected chi connectivity index (χ0v) is 12.8. The summed E-state index contributed by atoms with van der Waals surface area (Å²) < 4.78 is 34.1. The molecule has 0 atom stereocenters. The SMILES string of the molecule is Cc1nn(C)c2c1N(S(=O)(=O)CC1CCCC1)CCO2. The Hall–Kier alpha value is -1.24. The maximum atomic E-state index is 12.7. The van der Waals surface area contributed by atoms with Gasteiger partial charge in [0.25, 0.3) is 0 Å². The van der Waals surface area contributed by atoms with Gasteiger partial charge >= 0.3 is 0 Å². The van der Waals surface area contributed by atoms with Crippen LogP contribution in [0.15, 0.2) is 0 Å². The predicted molar refractivity (Wildman–Crippen MR) is 76.5 cm³/mol. The summed E-state index contributed by atoms with van der Waals surface area (Å²) in [4.78, 5) is 0. The highest BCUT2D eigenvalue weighted by molar-refractivity contribution is 7.92. The van der Waals surface area contributed by atoms with Crippen LogP contribution in [0.5, 0.6) is 5.88 Å². The maximum Gasteiger partial charge on any atom is 0.237 e. The monoisotopic (exact) mass is 299 g/mol. The number of hydrogen-bond acceptors (Lipinski definition) is 4. The molecule has 2 aliphatic rings. The molecule has 1 fully saturated rings. The summed E-state index contributed by atoms with van der Waals surface area (Å²) in [5.74, 6) is 1.12. The molecule has 6 nitrogen and oxygen atoms in total. The molecule has 7 heteroatoms. The van der Waals surface area contributed by atoms with E-state index < -0.39 is 10.0 Å². The van der Waals surface area contributed by atoms with E-state index in [0.29, 0.717) is 36.3 Å². The molecular formula is C13H21N3O3S. The van der Waals surface area contributed by atoms with Crippen LogP contribution in [-0.2, 0) is 17.1 Å². The van der Waals surface area contributed by atoms with Gasteiger partial charge in [0.2, 0.25) is 15.9 Å². The number of hydrogen-bond donors (Lipinski definition) is 0. The Balaban J connectivity index is 1.91. The largest absolute Gasteiger partial charge is 0.474 e. The van der Waals surface area contributed by atoms with Gasteiger partial charge in [0.05, 0.1) is 18.0 Å². The molecule has 1 saturated carbocycles. The summed E-state index contributed by atoms with van der Waals surface area (Å²) in [6.07, 6.45) is 4.37. The van der Waals surface area contributed by atoms with Gasteiger partial charge in [0.15, 0.2) is 0 Å². The van der Waals surface area contributed by atoms with E-state index in [1.807, 2.05) is 6.92 Å². The van der Waals surface area contributed by atoms with E-state index in [-0.39, 0.29) is 5.75 Å². The van der Waals surface area contributed by atoms with Crippen LogP contribution in [0.3, 0.4) is 0 Å². The fraction of sp³-hybridized carbons (Fsp3) is 0.769. The Morgan fingerprint density at radius 1 is 1.35 bits per heavy atom. The van der Waals surface area contributed by atoms with E-state index in [1.165, 1.54) is 4.31 Å². The molecule has 0 N–H and O–H groups in total. The highest BCUT2D eigenvalue weighted by atomic mass is 32.2. The molecule has 3 rings (SSSR count). The van der Waals surface area contributed by atoms with E-state index in [2.05, 4.69) is 5.10 Å². The topological polar surface area (TPSA) is 64.4 Å². The van der Waals surface area contributed by atoms with Gasteiger partial charge in [-0.05, 0) is 25.7 Å². The summed E-state index contributed by atoms with van der Waals surface area (Å²) in [6, 6.07) is 0. The number of sulfonamides is 1. The van der Waals surface area contributed by atoms with Gasteiger partial charge in [-0.25, -0.2) is 13.1 Å². The molecule has 0 bridgehead atoms. The van der Waals surface area contributed by atoms with E-state index in [0.717, 1.165) is 25.7 Å². The molecule has 1 aromatic heterocycles. The van der Waals surface area contributed by atoms with Crippen molar-refractivity contribution in [1.29, 1.82) is 0 Å². The van der Waals surface area contributed by atoms with Crippen molar-refractivity contribution in [3.63, 3.8) is 0 Å². The highest BCUT2D eigenvalue weighted by Crippen LogP contribution is 2.37. The molecule has 1 aliphatic heterocycles. The lowest BCUT2D eigenvalue weighted by molar-refractivity contribution is 0.288. The van der Waals surface area contributed by atoms with E-state index >= 15 is 0 Å². The van der Waals surface area contributed by atoms with Crippen molar-refractivity contribution in [3.8, 4) is 5.88 Å². The van der Waals surface area contributed by atoms with Crippen molar-refractivity contribution < 1.29 is 13.2 Å². The van der Waals surface area contributed by atoms with Crippen LogP contribution in [0, 0.1) is 12.8 Å². The normalized spacial score (nSPS) is 20.0. The molecule has 112 valence electrons. The molecule has 20 heavy (non-hydrogen) atoms. The van der Waals surface area contributed by atoms with Gasteiger partial charge in [0, 0.05) is 7.05 Å². The first-order valence-corrected chi connectivity index (χ1v) is 8.77. The smallest absolute Gasteiger partial charge is 0.237 e. The second-order valence-corrected chi connectivity index (χ2v) is 7.65. The molecule has 0 unspecified atom stereocenters. The number of fused-ring (bicyclic) bond motifs is 1. The molecule has 0 spiro atoms. The molecule has 2 heterocycles. The van der Waals surface area contributed by atoms with Crippen LogP contribution in [0.4, 0.5) is 5.69 Å². The standard InChI is InChI=1S/C13H21N3O3S/c1-10-12-13(15(2)14-10)19-8-7-16(12)20(17,18)9-11-5-3-4-6-11/h11H,3-9H2,1-2H3. The molecule has 0 aromatic carbocycles. The third-order valence-electron chi connectivity index (χ3n) is 4.18. The van der Waals surface area contributed by atoms with Crippen LogP contribution in [-0.4, -0.2) is 37.1 Å². The third-order valence-corrected chi connectivity index (χ3v) is 6.11. The molecule has 1 aromatic rings. The fourth-order valence-electron chi connectivity index (χ4n) is 3.25. The first-order chi connectivity index (χ1) is 9.49. The minimum atomic E-state index is -3.29. The lowest BCUT2D eigenvalue weighted by atomic mass is 10.1. The summed E-state index contributed by atoms with van der Waals surface area (Å²) in [6.45, 7) is 2.59. The van der Waals surface area contributed by atoms with Crippen molar-refractivity contribution in [2.75, 3.05) is 23.2 Å². The fourth-order valence-corrected chi connectivity index (χ4v) is 5.20. The highest BCUT2D eigenvalue weighted by Gasteiger charge is 2.35. The molecular weight excluding hydrogens is 278 g/mol. The molecule has 1 aliphatic carbocycles. The van der Waals surface area contributed by atoms with Crippen LogP contribution in [0.1, 0.15) is 31.4 Å². The van der Waals surface area contributed by atoms with Gasteiger partial charge in [-0.2, -0.15) is 5.10 Å². The first kappa shape index (κ1) is 13.7. The van der Waals surface area contributed by atoms with Crippen molar-refractivity contribution in [2.24, 2.45) is 13.0 Å². The Kier molecular flexibility index (Phi) is 3.40. The molecule has 0 amide bonds. The minimum absolute atomic E-state index is 0.251. The number of rotatable bonds is 3. The average Bonchev–Trinajstić information content (AvgIpc) is 2.98. The van der Waals surface area contributed by atoms with E-state index in [4.69, 9.17) is 4.74 Å². The first-order valence-electron chi connectivity index (χ1n) is 7.16. The summed E-state index contributed by atoms with van der Waals surface area (Å²) in [5, 5.41) is 4.27. The second kappa shape index (κ2) is 4.95. The summed E-state index contributed by atoms with van der Waals surface area (Å²) >= 11 is 0. The van der Waals surface area contributed by atoms with Gasteiger partial charge in [-0.3, -0.25) is 4.31 Å². The number of nitrogens with zero attached hydrogens (tertiary/aromatic N) is 3. The Morgan fingerprint density at radius 2 is 2.05 bits per heavy atom. The van der Waals surface area contributed by atoms with E-state index in [9.17, 15) is 8.42 Å². The summed E-state index contributed by atoms with van der Waals surface area (Å²) in [5.41, 5.74) is 1.33. The lowest BCUT2D eigenvalue weighted by Crippen LogP contribution is -2.40. The third kappa shape index (κ3) is 2.28. The van der Waals surface area contributed by atoms with Gasteiger partial charge < -0.3 is 4.74 Å². The number of ether oxygens (including phenoxy) is 1. The van der Waals surface area contributed by atoms with Crippen LogP contribution in [0.25, 0.3) is 0 Å². The van der Waals surface area contributed by atoms with Crippen LogP contribution in [0.2, 0.25) is 0 Å². The number of aryl methyl sites for hydroxylation is 2. The lowest BCUT2D eigenvalue weighted by Gasteiger charge is -2.29. The quantitative estimate of drug-likeness (QED) is 0.847. The van der Waals surface area contributed by atoms with Crippen LogP contribution < -0.4 is 9.04 Å². The average molecular weight is 299 g/mol. The van der Waals surface area contributed by atoms with Crippen LogP contribution >= 0.6 is 0 Å². The zero-order chi connectivity index (χ0) is 14.3. The van der Waals surface area contributed by atoms with Crippen molar-refractivity contribution in [2.45, 2.75) is 32.6 Å². The van der Waals surface area contributed by atoms with Crippen molar-refractivity contribution in [3.05, 3.63) is 5.69 Å². The van der Waals surface area contributed by atoms with Gasteiger partial charge in [-0.1, -0.05) is 12.8 Å². The van der Waals surface area contributed by atoms with Gasteiger partial charge in [-0.15, -0.1) is 0 Å². The zero-order valence-electron chi connectivity index (χ0n) is 12.0. The van der Waals surface area contributed by atoms with E-state index in [1.54, 1.807) is 11.7 Å². The maximum absolute atomic E-state index is 12.7. The van der Waals surface area contributed by atoms with Crippen molar-refractivity contribution in [1.82, 2.24) is 9.78 Å². The predicted octanol–water partition coefficient (Wildman–Crippen LogP) is 1.45. The Morgan fingerprint density at radius 3 is 2.75 bits per heavy atom. The number of anilines is 1. The molecule has 0 saturated heterocycles. The number of aromatic nitrogens is 2. The second-order valence-electron chi connectivity index (χ2n) is 5.71. The summed E-state index contributed by atoms with van der Waals surface area (Å²) in [7, 11) is -1.51. The minimum Gasteiger partial charge on any atom is -0.474 e.